The van der Waals surface area contributed by atoms with Crippen molar-refractivity contribution in [2.45, 2.75) is 32.2 Å². The first kappa shape index (κ1) is 11.7. The summed E-state index contributed by atoms with van der Waals surface area (Å²) in [6.45, 7) is 2.04. The lowest BCUT2D eigenvalue weighted by Gasteiger charge is -2.13. The number of nitrogens with one attached hydrogen (secondary N) is 1. The Morgan fingerprint density at radius 2 is 2.12 bits per heavy atom. The van der Waals surface area contributed by atoms with Crippen LogP contribution < -0.4 is 5.32 Å². The molecular weight excluding hydrogens is 210 g/mol. The maximum Gasteiger partial charge on any atom is 0.223 e. The lowest BCUT2D eigenvalue weighted by atomic mass is 10.1. The second-order valence-electron chi connectivity index (χ2n) is 4.73. The highest BCUT2D eigenvalue weighted by molar-refractivity contribution is 5.81. The van der Waals surface area contributed by atoms with Crippen LogP contribution in [0, 0.1) is 18.3 Å². The molecule has 1 atom stereocenters. The van der Waals surface area contributed by atoms with Crippen LogP contribution in [0.15, 0.2) is 24.3 Å². The first-order valence-electron chi connectivity index (χ1n) is 6.05. The molecule has 1 aromatic carbocycles. The van der Waals surface area contributed by atoms with Crippen molar-refractivity contribution in [3.8, 4) is 12.3 Å². The average molecular weight is 227 g/mol. The van der Waals surface area contributed by atoms with Crippen LogP contribution in [0.1, 0.15) is 30.9 Å². The first-order chi connectivity index (χ1) is 8.19. The van der Waals surface area contributed by atoms with Gasteiger partial charge >= 0.3 is 0 Å². The van der Waals surface area contributed by atoms with E-state index in [2.05, 4.69) is 11.2 Å². The number of carbonyl (C=O) groups is 1. The molecule has 1 saturated carbocycles. The second kappa shape index (κ2) is 5.05. The summed E-state index contributed by atoms with van der Waals surface area (Å²) < 4.78 is 0. The maximum absolute atomic E-state index is 11.6. The van der Waals surface area contributed by atoms with Crippen LogP contribution in [0.2, 0.25) is 0 Å². The largest absolute Gasteiger partial charge is 0.353 e. The summed E-state index contributed by atoms with van der Waals surface area (Å²) in [5.41, 5.74) is 2.09. The third kappa shape index (κ3) is 3.35. The number of terminal acetylenes is 1. The quantitative estimate of drug-likeness (QED) is 0.784. The van der Waals surface area contributed by atoms with Crippen LogP contribution >= 0.6 is 0 Å². The van der Waals surface area contributed by atoms with Gasteiger partial charge in [0.05, 0.1) is 0 Å². The van der Waals surface area contributed by atoms with Gasteiger partial charge in [0.1, 0.15) is 0 Å². The summed E-state index contributed by atoms with van der Waals surface area (Å²) in [5.74, 6) is 3.08. The summed E-state index contributed by atoms with van der Waals surface area (Å²) in [5, 5.41) is 3.04. The van der Waals surface area contributed by atoms with Gasteiger partial charge in [-0.3, -0.25) is 4.79 Å². The van der Waals surface area contributed by atoms with Crippen molar-refractivity contribution >= 4 is 5.91 Å². The Bertz CT molecular complexity index is 437. The van der Waals surface area contributed by atoms with Gasteiger partial charge in [-0.05, 0) is 43.9 Å². The van der Waals surface area contributed by atoms with E-state index in [0.29, 0.717) is 0 Å². The number of hydrogen-bond donors (Lipinski definition) is 1. The molecule has 0 heterocycles. The molecule has 1 fully saturated rings. The summed E-state index contributed by atoms with van der Waals surface area (Å²) in [6.07, 6.45) is 8.25. The van der Waals surface area contributed by atoms with Crippen LogP contribution in [-0.4, -0.2) is 11.9 Å². The molecule has 0 aromatic heterocycles. The van der Waals surface area contributed by atoms with E-state index in [-0.39, 0.29) is 17.9 Å². The van der Waals surface area contributed by atoms with Gasteiger partial charge < -0.3 is 5.32 Å². The fraction of sp³-hybridized carbons (Fsp3) is 0.400. The summed E-state index contributed by atoms with van der Waals surface area (Å²) in [6, 6.07) is 8.10. The molecule has 2 nitrogen and oxygen atoms in total. The molecule has 1 unspecified atom stereocenters. The van der Waals surface area contributed by atoms with E-state index in [0.717, 1.165) is 24.8 Å². The summed E-state index contributed by atoms with van der Waals surface area (Å²) in [4.78, 5) is 11.6. The number of carbonyl (C=O) groups excluding carboxylic acids is 1. The third-order valence-electron chi connectivity index (χ3n) is 3.00. The SMILES string of the molecule is C#Cc1ccc(CC(C)NC(=O)C2CC2)cc1. The molecule has 1 aromatic rings. The number of benzene rings is 1. The van der Waals surface area contributed by atoms with Crippen LogP contribution in [0.3, 0.4) is 0 Å². The van der Waals surface area contributed by atoms with Crippen LogP contribution in [-0.2, 0) is 11.2 Å². The lowest BCUT2D eigenvalue weighted by Crippen LogP contribution is -2.35. The van der Waals surface area contributed by atoms with E-state index in [1.54, 1.807) is 0 Å². The van der Waals surface area contributed by atoms with Crippen LogP contribution in [0.4, 0.5) is 0 Å². The van der Waals surface area contributed by atoms with E-state index in [4.69, 9.17) is 6.42 Å². The Kier molecular flexibility index (Phi) is 3.49. The van der Waals surface area contributed by atoms with Crippen LogP contribution in [0.25, 0.3) is 0 Å². The summed E-state index contributed by atoms with van der Waals surface area (Å²) in [7, 11) is 0. The molecule has 0 bridgehead atoms. The van der Waals surface area contributed by atoms with Crippen LogP contribution in [0.5, 0.6) is 0 Å². The normalized spacial score (nSPS) is 16.0. The highest BCUT2D eigenvalue weighted by atomic mass is 16.2. The van der Waals surface area contributed by atoms with Gasteiger partial charge in [-0.1, -0.05) is 18.1 Å². The molecule has 0 spiro atoms. The van der Waals surface area contributed by atoms with E-state index in [1.807, 2.05) is 31.2 Å². The topological polar surface area (TPSA) is 29.1 Å². The molecule has 0 saturated heterocycles. The standard InChI is InChI=1S/C15H17NO/c1-3-12-4-6-13(7-5-12)10-11(2)16-15(17)14-8-9-14/h1,4-7,11,14H,8-10H2,2H3,(H,16,17). The van der Waals surface area contributed by atoms with Crippen molar-refractivity contribution in [2.24, 2.45) is 5.92 Å². The lowest BCUT2D eigenvalue weighted by molar-refractivity contribution is -0.122. The van der Waals surface area contributed by atoms with Crippen molar-refractivity contribution in [1.82, 2.24) is 5.32 Å². The first-order valence-corrected chi connectivity index (χ1v) is 6.05. The Hall–Kier alpha value is -1.75. The smallest absolute Gasteiger partial charge is 0.223 e. The average Bonchev–Trinajstić information content (AvgIpc) is 3.13. The zero-order chi connectivity index (χ0) is 12.3. The molecule has 1 aliphatic rings. The van der Waals surface area contributed by atoms with E-state index >= 15 is 0 Å². The third-order valence-corrected chi connectivity index (χ3v) is 3.00. The van der Waals surface area contributed by atoms with Crippen molar-refractivity contribution in [2.75, 3.05) is 0 Å². The molecular formula is C15H17NO. The maximum atomic E-state index is 11.6. The zero-order valence-corrected chi connectivity index (χ0v) is 10.1. The fourth-order valence-corrected chi connectivity index (χ4v) is 1.85. The van der Waals surface area contributed by atoms with Gasteiger partial charge in [0.2, 0.25) is 5.91 Å². The molecule has 88 valence electrons. The molecule has 2 heteroatoms. The Labute approximate surface area is 102 Å². The van der Waals surface area contributed by atoms with E-state index in [1.165, 1.54) is 5.56 Å². The van der Waals surface area contributed by atoms with Crippen molar-refractivity contribution in [3.63, 3.8) is 0 Å². The number of amides is 1. The van der Waals surface area contributed by atoms with Gasteiger partial charge in [0.25, 0.3) is 0 Å². The van der Waals surface area contributed by atoms with Crippen molar-refractivity contribution in [1.29, 1.82) is 0 Å². The fourth-order valence-electron chi connectivity index (χ4n) is 1.85. The van der Waals surface area contributed by atoms with Crippen molar-refractivity contribution in [3.05, 3.63) is 35.4 Å². The van der Waals surface area contributed by atoms with Gasteiger partial charge in [-0.15, -0.1) is 6.42 Å². The second-order valence-corrected chi connectivity index (χ2v) is 4.73. The monoisotopic (exact) mass is 227 g/mol. The number of hydrogen-bond acceptors (Lipinski definition) is 1. The highest BCUT2D eigenvalue weighted by Gasteiger charge is 2.30. The molecule has 17 heavy (non-hydrogen) atoms. The highest BCUT2D eigenvalue weighted by Crippen LogP contribution is 2.28. The van der Waals surface area contributed by atoms with Gasteiger partial charge in [0.15, 0.2) is 0 Å². The Morgan fingerprint density at radius 3 is 2.65 bits per heavy atom. The van der Waals surface area contributed by atoms with Gasteiger partial charge in [0, 0.05) is 17.5 Å². The summed E-state index contributed by atoms with van der Waals surface area (Å²) >= 11 is 0. The minimum Gasteiger partial charge on any atom is -0.353 e. The molecule has 2 rings (SSSR count). The molecule has 1 amide bonds. The predicted octanol–water partition coefficient (Wildman–Crippen LogP) is 2.13. The predicted molar refractivity (Wildman–Crippen MR) is 68.4 cm³/mol. The van der Waals surface area contributed by atoms with Crippen molar-refractivity contribution < 1.29 is 4.79 Å². The molecule has 1 aliphatic carbocycles. The van der Waals surface area contributed by atoms with Gasteiger partial charge in [-0.2, -0.15) is 0 Å². The molecule has 0 radical (unpaired) electrons. The van der Waals surface area contributed by atoms with Gasteiger partial charge in [-0.25, -0.2) is 0 Å². The van der Waals surface area contributed by atoms with E-state index < -0.39 is 0 Å². The zero-order valence-electron chi connectivity index (χ0n) is 10.1. The minimum atomic E-state index is 0.180. The van der Waals surface area contributed by atoms with E-state index in [9.17, 15) is 4.79 Å². The Morgan fingerprint density at radius 1 is 1.47 bits per heavy atom. The molecule has 1 N–H and O–H groups in total. The minimum absolute atomic E-state index is 0.180. The Balaban J connectivity index is 1.86. The number of rotatable bonds is 4. The molecule has 0 aliphatic heterocycles.